The monoisotopic (exact) mass is 742 g/mol. The van der Waals surface area contributed by atoms with Gasteiger partial charge in [-0.15, -0.1) is 0 Å². The van der Waals surface area contributed by atoms with Crippen molar-refractivity contribution in [1.82, 2.24) is 5.32 Å². The Morgan fingerprint density at radius 2 is 1.12 bits per heavy atom. The molecule has 3 atom stereocenters. The molecule has 3 unspecified atom stereocenters. The zero-order chi connectivity index (χ0) is 38.2. The first-order valence-electron chi connectivity index (χ1n) is 20.4. The van der Waals surface area contributed by atoms with E-state index in [9.17, 15) is 0 Å². The average Bonchev–Trinajstić information content (AvgIpc) is 3.80. The molecule has 58 heavy (non-hydrogen) atoms. The van der Waals surface area contributed by atoms with Gasteiger partial charge < -0.3 is 4.90 Å². The Morgan fingerprint density at radius 3 is 1.83 bits per heavy atom. The molecule has 0 spiro atoms. The van der Waals surface area contributed by atoms with Crippen LogP contribution in [0, 0.1) is 0 Å². The van der Waals surface area contributed by atoms with E-state index in [2.05, 4.69) is 233 Å². The molecule has 0 amide bonds. The van der Waals surface area contributed by atoms with Crippen LogP contribution in [0.25, 0.3) is 21.9 Å². The summed E-state index contributed by atoms with van der Waals surface area (Å²) >= 11 is 0. The Morgan fingerprint density at radius 1 is 0.534 bits per heavy atom. The lowest BCUT2D eigenvalue weighted by Gasteiger charge is -2.35. The Labute approximate surface area is 339 Å². The first-order chi connectivity index (χ1) is 28.8. The molecule has 0 saturated heterocycles. The smallest absolute Gasteiger partial charge is 0.289 e. The molecular weight excluding hydrogens is 703 g/mol. The molecule has 4 aliphatic rings. The van der Waals surface area contributed by atoms with Gasteiger partial charge in [0.15, 0.2) is 0 Å². The minimum atomic E-state index is -0.491. The summed E-state index contributed by atoms with van der Waals surface area (Å²) in [6, 6.07) is 71.6. The lowest BCUT2D eigenvalue weighted by Crippen LogP contribution is -2.51. The number of rotatable bonds is 6. The summed E-state index contributed by atoms with van der Waals surface area (Å²) < 4.78 is 2.43. The van der Waals surface area contributed by atoms with E-state index in [0.717, 1.165) is 11.5 Å². The summed E-state index contributed by atoms with van der Waals surface area (Å²) in [5.41, 5.74) is 15.0. The van der Waals surface area contributed by atoms with Crippen LogP contribution in [-0.4, -0.2) is 16.5 Å². The number of hydrogen-bond donors (Lipinski definition) is 1. The molecule has 274 valence electrons. The second-order valence-electron chi connectivity index (χ2n) is 15.8. The maximum Gasteiger partial charge on any atom is 0.289 e. The molecule has 0 radical (unpaired) electrons. The molecule has 3 heteroatoms. The van der Waals surface area contributed by atoms with Crippen LogP contribution in [0.15, 0.2) is 218 Å². The third-order valence-electron chi connectivity index (χ3n) is 12.9. The van der Waals surface area contributed by atoms with Gasteiger partial charge in [0.1, 0.15) is 5.69 Å². The Kier molecular flexibility index (Phi) is 7.33. The number of allylic oxidation sites excluding steroid dienone is 2. The topological polar surface area (TPSA) is 18.3 Å². The number of hydrogen-bond acceptors (Lipinski definition) is 2. The Bertz CT molecular complexity index is 2930. The van der Waals surface area contributed by atoms with Crippen molar-refractivity contribution in [3.63, 3.8) is 0 Å². The van der Waals surface area contributed by atoms with Crippen molar-refractivity contribution in [2.75, 3.05) is 4.90 Å². The lowest BCUT2D eigenvalue weighted by molar-refractivity contribution is -0.531. The van der Waals surface area contributed by atoms with Gasteiger partial charge in [-0.3, -0.25) is 0 Å². The van der Waals surface area contributed by atoms with E-state index in [1.165, 1.54) is 72.2 Å². The van der Waals surface area contributed by atoms with E-state index in [-0.39, 0.29) is 18.1 Å². The van der Waals surface area contributed by atoms with Gasteiger partial charge in [0.25, 0.3) is 12.0 Å². The third kappa shape index (κ3) is 4.59. The second kappa shape index (κ2) is 12.9. The summed E-state index contributed by atoms with van der Waals surface area (Å²) in [5, 5.41) is 6.37. The minimum absolute atomic E-state index is 0.0478. The molecule has 8 aromatic rings. The van der Waals surface area contributed by atoms with Gasteiger partial charge in [-0.2, -0.15) is 4.58 Å². The maximum absolute atomic E-state index is 3.78. The van der Waals surface area contributed by atoms with Crippen LogP contribution in [0.2, 0.25) is 0 Å². The zero-order valence-electron chi connectivity index (χ0n) is 31.9. The SMILES string of the molecule is C1=CC2c3c4c(c5ccccc5c3N(c3ccc([N+]5=C(c6ccccc6)NC5c5ccccc5)cc3)C2C=C1)C(c1ccccc1)(c1ccccc1)c1ccccc1-4. The van der Waals surface area contributed by atoms with Crippen molar-refractivity contribution in [3.8, 4) is 11.1 Å². The molecule has 2 heterocycles. The molecule has 2 aliphatic carbocycles. The summed E-state index contributed by atoms with van der Waals surface area (Å²) in [6.45, 7) is 0. The summed E-state index contributed by atoms with van der Waals surface area (Å²) in [4.78, 5) is 2.63. The van der Waals surface area contributed by atoms with Crippen LogP contribution in [0.4, 0.5) is 17.1 Å². The number of nitrogens with one attached hydrogen (secondary N) is 1. The fourth-order valence-corrected chi connectivity index (χ4v) is 10.6. The van der Waals surface area contributed by atoms with E-state index in [0.29, 0.717) is 0 Å². The number of anilines is 2. The van der Waals surface area contributed by atoms with E-state index in [1.807, 2.05) is 0 Å². The van der Waals surface area contributed by atoms with Crippen LogP contribution in [0.5, 0.6) is 0 Å². The first kappa shape index (κ1) is 33.0. The number of fused-ring (bicyclic) bond motifs is 10. The normalized spacial score (nSPS) is 19.2. The molecule has 0 saturated carbocycles. The number of amidine groups is 1. The zero-order valence-corrected chi connectivity index (χ0v) is 31.9. The highest BCUT2D eigenvalue weighted by Crippen LogP contribution is 2.64. The molecule has 12 rings (SSSR count). The fourth-order valence-electron chi connectivity index (χ4n) is 10.6. The molecule has 0 bridgehead atoms. The van der Waals surface area contributed by atoms with Gasteiger partial charge >= 0.3 is 0 Å². The second-order valence-corrected chi connectivity index (χ2v) is 15.8. The molecular formula is C55H40N3+. The van der Waals surface area contributed by atoms with Crippen molar-refractivity contribution >= 4 is 33.7 Å². The van der Waals surface area contributed by atoms with Gasteiger partial charge in [-0.05, 0) is 80.7 Å². The number of benzene rings is 8. The molecule has 8 aromatic carbocycles. The maximum atomic E-state index is 3.78. The van der Waals surface area contributed by atoms with Crippen LogP contribution in [-0.2, 0) is 5.41 Å². The standard InChI is InChI=1S/C55H39N3/c1-5-19-37(20-6-1)53-56-54(38-21-7-2-8-22-38)58(53)42-35-33-41(34-36-42)57-48-32-18-16-30-46(48)50-49-45-29-15-17-31-47(45)55(39-23-9-3-10-24-39,40-25-11-4-12-26-40)51(49)43-27-13-14-28-44(43)52(50)57/h1-36,46,48,53H/p+1. The van der Waals surface area contributed by atoms with Gasteiger partial charge in [-0.1, -0.05) is 182 Å². The van der Waals surface area contributed by atoms with Gasteiger partial charge in [-0.25, -0.2) is 5.32 Å². The molecule has 1 N–H and O–H groups in total. The van der Waals surface area contributed by atoms with Crippen LogP contribution in [0.1, 0.15) is 51.0 Å². The van der Waals surface area contributed by atoms with Crippen molar-refractivity contribution in [2.45, 2.75) is 23.5 Å². The first-order valence-corrected chi connectivity index (χ1v) is 20.4. The van der Waals surface area contributed by atoms with Crippen molar-refractivity contribution in [1.29, 1.82) is 0 Å². The van der Waals surface area contributed by atoms with Crippen LogP contribution >= 0.6 is 0 Å². The summed E-state index contributed by atoms with van der Waals surface area (Å²) in [7, 11) is 0. The highest BCUT2D eigenvalue weighted by molar-refractivity contribution is 6.11. The summed E-state index contributed by atoms with van der Waals surface area (Å²) in [6.07, 6.45) is 9.39. The van der Waals surface area contributed by atoms with Crippen LogP contribution < -0.4 is 10.2 Å². The lowest BCUT2D eigenvalue weighted by atomic mass is 9.66. The molecule has 2 aliphatic heterocycles. The summed E-state index contributed by atoms with van der Waals surface area (Å²) in [5.74, 6) is 1.29. The number of nitrogens with zero attached hydrogens (tertiary/aromatic N) is 2. The predicted molar refractivity (Wildman–Crippen MR) is 237 cm³/mol. The molecule has 3 nitrogen and oxygen atoms in total. The van der Waals surface area contributed by atoms with Crippen molar-refractivity contribution in [2.24, 2.45) is 0 Å². The predicted octanol–water partition coefficient (Wildman–Crippen LogP) is 12.3. The van der Waals surface area contributed by atoms with E-state index >= 15 is 0 Å². The van der Waals surface area contributed by atoms with E-state index in [1.54, 1.807) is 0 Å². The minimum Gasteiger partial charge on any atom is -0.333 e. The quantitative estimate of drug-likeness (QED) is 0.171. The van der Waals surface area contributed by atoms with E-state index in [4.69, 9.17) is 0 Å². The highest BCUT2D eigenvalue weighted by Gasteiger charge is 2.52. The molecule has 0 fully saturated rings. The third-order valence-corrected chi connectivity index (χ3v) is 12.9. The van der Waals surface area contributed by atoms with Gasteiger partial charge in [0, 0.05) is 22.6 Å². The van der Waals surface area contributed by atoms with Crippen LogP contribution in [0.3, 0.4) is 0 Å². The van der Waals surface area contributed by atoms with Crippen molar-refractivity contribution < 1.29 is 4.58 Å². The van der Waals surface area contributed by atoms with Gasteiger partial charge in [0.05, 0.1) is 22.7 Å². The molecule has 0 aromatic heterocycles. The largest absolute Gasteiger partial charge is 0.333 e. The van der Waals surface area contributed by atoms with Gasteiger partial charge in [0.2, 0.25) is 0 Å². The van der Waals surface area contributed by atoms with E-state index < -0.39 is 5.41 Å². The van der Waals surface area contributed by atoms with Crippen molar-refractivity contribution in [3.05, 3.63) is 257 Å². The highest BCUT2D eigenvalue weighted by atomic mass is 15.3. The fraction of sp³-hybridized carbons (Fsp3) is 0.0727. The Hall–Kier alpha value is -7.23. The average molecular weight is 743 g/mol. The Balaban J connectivity index is 1.09.